The minimum atomic E-state index is -0.274. The van der Waals surface area contributed by atoms with Gasteiger partial charge < -0.3 is 10.3 Å². The molecule has 2 aromatic heterocycles. The third-order valence-corrected chi connectivity index (χ3v) is 4.74. The number of halogens is 2. The maximum absolute atomic E-state index is 12.1. The smallest absolute Gasteiger partial charge is 0.248 e. The lowest BCUT2D eigenvalue weighted by atomic mass is 10.1. The molecule has 0 unspecified atom stereocenters. The topological polar surface area (TPSA) is 57.8 Å². The summed E-state index contributed by atoms with van der Waals surface area (Å²) in [6.07, 6.45) is 4.88. The van der Waals surface area contributed by atoms with Gasteiger partial charge in [0, 0.05) is 28.1 Å². The summed E-state index contributed by atoms with van der Waals surface area (Å²) in [5.41, 5.74) is 3.30. The lowest BCUT2D eigenvalue weighted by Gasteiger charge is -2.03. The molecule has 0 atom stereocenters. The number of hydrogen-bond donors (Lipinski definition) is 2. The van der Waals surface area contributed by atoms with Crippen LogP contribution in [0.5, 0.6) is 0 Å². The van der Waals surface area contributed by atoms with Crippen molar-refractivity contribution in [3.63, 3.8) is 0 Å². The first-order valence-corrected chi connectivity index (χ1v) is 8.66. The molecular formula is C20H13Cl2N3O. The van der Waals surface area contributed by atoms with Gasteiger partial charge in [0.1, 0.15) is 0 Å². The summed E-state index contributed by atoms with van der Waals surface area (Å²) in [6, 6.07) is 14.9. The fourth-order valence-corrected chi connectivity index (χ4v) is 3.07. The number of aromatic nitrogens is 2. The Kier molecular flexibility index (Phi) is 4.37. The number of nitrogens with one attached hydrogen (secondary N) is 2. The normalized spacial score (nSPS) is 11.5. The molecule has 4 aromatic rings. The molecule has 0 aliphatic rings. The van der Waals surface area contributed by atoms with Crippen molar-refractivity contribution in [1.29, 1.82) is 0 Å². The van der Waals surface area contributed by atoms with Gasteiger partial charge in [-0.3, -0.25) is 9.78 Å². The van der Waals surface area contributed by atoms with Crippen molar-refractivity contribution in [1.82, 2.24) is 9.97 Å². The van der Waals surface area contributed by atoms with Gasteiger partial charge in [-0.2, -0.15) is 0 Å². The van der Waals surface area contributed by atoms with Crippen molar-refractivity contribution >= 4 is 62.7 Å². The number of fused-ring (bicyclic) bond motifs is 3. The van der Waals surface area contributed by atoms with Crippen LogP contribution in [0.3, 0.4) is 0 Å². The molecule has 0 aliphatic heterocycles. The quantitative estimate of drug-likeness (QED) is 0.448. The molecule has 26 heavy (non-hydrogen) atoms. The zero-order valence-corrected chi connectivity index (χ0v) is 15.0. The summed E-state index contributed by atoms with van der Waals surface area (Å²) in [5, 5.41) is 5.76. The SMILES string of the molecule is O=C(/C=C/c1cc2c(cn1)[nH]c1ccccc12)Nc1ccc(Cl)c(Cl)c1. The van der Waals surface area contributed by atoms with Crippen molar-refractivity contribution < 1.29 is 4.79 Å². The highest BCUT2D eigenvalue weighted by atomic mass is 35.5. The van der Waals surface area contributed by atoms with Crippen LogP contribution in [0.1, 0.15) is 5.69 Å². The standard InChI is InChI=1S/C20H13Cl2N3O/c21-16-7-5-13(10-17(16)22)24-20(26)8-6-12-9-15-14-3-1-2-4-18(14)25-19(15)11-23-12/h1-11,25H,(H,24,26)/b8-6+. The number of amides is 1. The molecule has 0 saturated carbocycles. The van der Waals surface area contributed by atoms with Crippen LogP contribution in [0.2, 0.25) is 10.0 Å². The Morgan fingerprint density at radius 1 is 1.00 bits per heavy atom. The van der Waals surface area contributed by atoms with Crippen LogP contribution in [0, 0.1) is 0 Å². The van der Waals surface area contributed by atoms with Gasteiger partial charge in [-0.05, 0) is 36.4 Å². The summed E-state index contributed by atoms with van der Waals surface area (Å²) >= 11 is 11.8. The summed E-state index contributed by atoms with van der Waals surface area (Å²) < 4.78 is 0. The third kappa shape index (κ3) is 3.29. The molecule has 1 amide bonds. The Hall–Kier alpha value is -2.82. The van der Waals surface area contributed by atoms with E-state index in [2.05, 4.69) is 21.4 Å². The Bertz CT molecular complexity index is 1160. The fraction of sp³-hybridized carbons (Fsp3) is 0. The van der Waals surface area contributed by atoms with Gasteiger partial charge in [0.15, 0.2) is 0 Å². The van der Waals surface area contributed by atoms with E-state index in [1.165, 1.54) is 6.08 Å². The average molecular weight is 382 g/mol. The highest BCUT2D eigenvalue weighted by Crippen LogP contribution is 2.26. The number of para-hydroxylation sites is 1. The maximum Gasteiger partial charge on any atom is 0.248 e. The first-order valence-electron chi connectivity index (χ1n) is 7.91. The van der Waals surface area contributed by atoms with Gasteiger partial charge in [-0.1, -0.05) is 41.4 Å². The van der Waals surface area contributed by atoms with Crippen LogP contribution < -0.4 is 5.32 Å². The predicted octanol–water partition coefficient (Wildman–Crippen LogP) is 5.67. The first kappa shape index (κ1) is 16.6. The largest absolute Gasteiger partial charge is 0.353 e. The van der Waals surface area contributed by atoms with Gasteiger partial charge in [0.25, 0.3) is 0 Å². The molecule has 6 heteroatoms. The second-order valence-corrected chi connectivity index (χ2v) is 6.59. The van der Waals surface area contributed by atoms with E-state index in [0.29, 0.717) is 21.4 Å². The average Bonchev–Trinajstić information content (AvgIpc) is 3.01. The minimum Gasteiger partial charge on any atom is -0.353 e. The zero-order valence-electron chi connectivity index (χ0n) is 13.5. The van der Waals surface area contributed by atoms with Crippen molar-refractivity contribution in [3.8, 4) is 0 Å². The molecule has 0 bridgehead atoms. The Morgan fingerprint density at radius 2 is 1.85 bits per heavy atom. The van der Waals surface area contributed by atoms with Crippen molar-refractivity contribution in [2.24, 2.45) is 0 Å². The number of aromatic amines is 1. The number of carbonyl (C=O) groups is 1. The maximum atomic E-state index is 12.1. The molecule has 0 spiro atoms. The van der Waals surface area contributed by atoms with Crippen LogP contribution >= 0.6 is 23.2 Å². The molecule has 2 aromatic carbocycles. The summed E-state index contributed by atoms with van der Waals surface area (Å²) in [6.45, 7) is 0. The summed E-state index contributed by atoms with van der Waals surface area (Å²) in [5.74, 6) is -0.274. The van der Waals surface area contributed by atoms with Crippen LogP contribution in [-0.2, 0) is 4.79 Å². The number of carbonyl (C=O) groups excluding carboxylic acids is 1. The molecule has 128 valence electrons. The Morgan fingerprint density at radius 3 is 2.69 bits per heavy atom. The van der Waals surface area contributed by atoms with Crippen LogP contribution in [0.25, 0.3) is 27.9 Å². The number of benzene rings is 2. The molecule has 4 rings (SSSR count). The molecule has 2 N–H and O–H groups in total. The van der Waals surface area contributed by atoms with Crippen molar-refractivity contribution in [2.45, 2.75) is 0 Å². The van der Waals surface area contributed by atoms with E-state index in [1.54, 1.807) is 30.5 Å². The van der Waals surface area contributed by atoms with Crippen LogP contribution in [0.15, 0.2) is 60.8 Å². The van der Waals surface area contributed by atoms with E-state index >= 15 is 0 Å². The van der Waals surface area contributed by atoms with Gasteiger partial charge >= 0.3 is 0 Å². The monoisotopic (exact) mass is 381 g/mol. The second-order valence-electron chi connectivity index (χ2n) is 5.78. The Labute approximate surface area is 159 Å². The van der Waals surface area contributed by atoms with E-state index in [9.17, 15) is 4.79 Å². The number of H-pyrrole nitrogens is 1. The number of pyridine rings is 1. The minimum absolute atomic E-state index is 0.274. The van der Waals surface area contributed by atoms with E-state index < -0.39 is 0 Å². The highest BCUT2D eigenvalue weighted by molar-refractivity contribution is 6.42. The van der Waals surface area contributed by atoms with E-state index in [1.807, 2.05) is 24.3 Å². The molecule has 0 fully saturated rings. The van der Waals surface area contributed by atoms with Crippen molar-refractivity contribution in [3.05, 3.63) is 76.5 Å². The van der Waals surface area contributed by atoms with Crippen LogP contribution in [-0.4, -0.2) is 15.9 Å². The Balaban J connectivity index is 1.56. The predicted molar refractivity (Wildman–Crippen MR) is 108 cm³/mol. The third-order valence-electron chi connectivity index (χ3n) is 4.00. The molecule has 4 nitrogen and oxygen atoms in total. The van der Waals surface area contributed by atoms with E-state index in [-0.39, 0.29) is 5.91 Å². The molecule has 0 radical (unpaired) electrons. The van der Waals surface area contributed by atoms with Gasteiger partial charge in [0.05, 0.1) is 27.5 Å². The summed E-state index contributed by atoms with van der Waals surface area (Å²) in [4.78, 5) is 19.8. The number of anilines is 1. The molecule has 0 aliphatic carbocycles. The number of hydrogen-bond acceptors (Lipinski definition) is 2. The first-order chi connectivity index (χ1) is 12.6. The summed E-state index contributed by atoms with van der Waals surface area (Å²) in [7, 11) is 0. The molecular weight excluding hydrogens is 369 g/mol. The fourth-order valence-electron chi connectivity index (χ4n) is 2.78. The molecule has 2 heterocycles. The van der Waals surface area contributed by atoms with Gasteiger partial charge in [-0.25, -0.2) is 0 Å². The molecule has 0 saturated heterocycles. The number of nitrogens with zero attached hydrogens (tertiary/aromatic N) is 1. The van der Waals surface area contributed by atoms with Crippen molar-refractivity contribution in [2.75, 3.05) is 5.32 Å². The lowest BCUT2D eigenvalue weighted by Crippen LogP contribution is -2.07. The van der Waals surface area contributed by atoms with Crippen LogP contribution in [0.4, 0.5) is 5.69 Å². The van der Waals surface area contributed by atoms with Gasteiger partial charge in [-0.15, -0.1) is 0 Å². The van der Waals surface area contributed by atoms with Gasteiger partial charge in [0.2, 0.25) is 5.91 Å². The second kappa shape index (κ2) is 6.83. The number of rotatable bonds is 3. The highest BCUT2D eigenvalue weighted by Gasteiger charge is 2.05. The van der Waals surface area contributed by atoms with E-state index in [4.69, 9.17) is 23.2 Å². The van der Waals surface area contributed by atoms with E-state index in [0.717, 1.165) is 21.8 Å². The zero-order chi connectivity index (χ0) is 18.1. The lowest BCUT2D eigenvalue weighted by molar-refractivity contribution is -0.111.